The number of hydrogen-bond donors (Lipinski definition) is 1. The van der Waals surface area contributed by atoms with Crippen LogP contribution in [0.4, 0.5) is 0 Å². The van der Waals surface area contributed by atoms with Gasteiger partial charge in [0.2, 0.25) is 0 Å². The molecule has 1 aromatic rings. The molecule has 0 unspecified atom stereocenters. The van der Waals surface area contributed by atoms with Gasteiger partial charge in [-0.2, -0.15) is 0 Å². The third-order valence-corrected chi connectivity index (χ3v) is 6.44. The lowest BCUT2D eigenvalue weighted by atomic mass is 9.75. The highest BCUT2D eigenvalue weighted by atomic mass is 16.4. The molecule has 0 radical (unpaired) electrons. The van der Waals surface area contributed by atoms with Crippen molar-refractivity contribution in [2.75, 3.05) is 26.2 Å². The van der Waals surface area contributed by atoms with Gasteiger partial charge in [0.1, 0.15) is 0 Å². The standard InChI is InChI=1S/C20H28N2O2/c1-14-4-6-15(7-5-14)17-13-22(10-2-3-18(23)24)19-16-8-11-21(12-9-16)20(17)19/h4-7,16-17,19-20H,2-3,8-13H2,1H3,(H,23,24)/t17-,19+,20+/m0/s1. The summed E-state index contributed by atoms with van der Waals surface area (Å²) in [5, 5.41) is 8.95. The fraction of sp³-hybridized carbons (Fsp3) is 0.650. The number of carboxylic acid groups (broad SMARTS) is 1. The highest BCUT2D eigenvalue weighted by Crippen LogP contribution is 2.46. The van der Waals surface area contributed by atoms with Gasteiger partial charge in [0.15, 0.2) is 0 Å². The number of rotatable bonds is 5. The van der Waals surface area contributed by atoms with E-state index in [1.54, 1.807) is 0 Å². The first-order valence-corrected chi connectivity index (χ1v) is 9.40. The molecule has 0 saturated carbocycles. The number of fused-ring (bicyclic) bond motifs is 2. The van der Waals surface area contributed by atoms with Crippen LogP contribution in [0, 0.1) is 12.8 Å². The minimum absolute atomic E-state index is 0.289. The van der Waals surface area contributed by atoms with Gasteiger partial charge in [0.05, 0.1) is 0 Å². The van der Waals surface area contributed by atoms with Gasteiger partial charge in [0.25, 0.3) is 0 Å². The minimum atomic E-state index is -0.672. The Morgan fingerprint density at radius 1 is 1.17 bits per heavy atom. The highest BCUT2D eigenvalue weighted by molar-refractivity contribution is 5.66. The van der Waals surface area contributed by atoms with Crippen molar-refractivity contribution in [3.63, 3.8) is 0 Å². The van der Waals surface area contributed by atoms with Gasteiger partial charge >= 0.3 is 5.97 Å². The summed E-state index contributed by atoms with van der Waals surface area (Å²) in [5.41, 5.74) is 2.78. The first-order valence-electron chi connectivity index (χ1n) is 9.40. The van der Waals surface area contributed by atoms with Crippen LogP contribution in [-0.2, 0) is 4.79 Å². The molecule has 2 bridgehead atoms. The molecule has 4 nitrogen and oxygen atoms in total. The maximum Gasteiger partial charge on any atom is 0.303 e. The van der Waals surface area contributed by atoms with Crippen LogP contribution in [-0.4, -0.2) is 59.1 Å². The molecule has 1 aromatic carbocycles. The average Bonchev–Trinajstić information content (AvgIpc) is 2.98. The van der Waals surface area contributed by atoms with E-state index in [0.717, 1.165) is 25.4 Å². The van der Waals surface area contributed by atoms with Gasteiger partial charge in [-0.3, -0.25) is 14.6 Å². The number of benzene rings is 1. The molecule has 0 spiro atoms. The monoisotopic (exact) mass is 328 g/mol. The van der Waals surface area contributed by atoms with Crippen molar-refractivity contribution < 1.29 is 9.90 Å². The van der Waals surface area contributed by atoms with Crippen LogP contribution < -0.4 is 0 Å². The van der Waals surface area contributed by atoms with E-state index in [-0.39, 0.29) is 6.42 Å². The largest absolute Gasteiger partial charge is 0.481 e. The lowest BCUT2D eigenvalue weighted by molar-refractivity contribution is -0.137. The molecule has 1 N–H and O–H groups in total. The normalized spacial score (nSPS) is 35.1. The third kappa shape index (κ3) is 2.86. The summed E-state index contributed by atoms with van der Waals surface area (Å²) < 4.78 is 0. The van der Waals surface area contributed by atoms with Crippen LogP contribution in [0.2, 0.25) is 0 Å². The minimum Gasteiger partial charge on any atom is -0.481 e. The lowest BCUT2D eigenvalue weighted by Crippen LogP contribution is -2.60. The molecule has 4 heterocycles. The second kappa shape index (κ2) is 6.49. The van der Waals surface area contributed by atoms with E-state index in [1.165, 1.54) is 37.1 Å². The third-order valence-electron chi connectivity index (χ3n) is 6.44. The lowest BCUT2D eigenvalue weighted by Gasteiger charge is -2.51. The van der Waals surface area contributed by atoms with Gasteiger partial charge in [-0.25, -0.2) is 0 Å². The average molecular weight is 328 g/mol. The Morgan fingerprint density at radius 2 is 1.88 bits per heavy atom. The fourth-order valence-corrected chi connectivity index (χ4v) is 5.33. The van der Waals surface area contributed by atoms with Gasteiger partial charge in [-0.15, -0.1) is 0 Å². The predicted molar refractivity (Wildman–Crippen MR) is 94.2 cm³/mol. The van der Waals surface area contributed by atoms with Crippen molar-refractivity contribution in [2.45, 2.75) is 50.6 Å². The molecule has 4 fully saturated rings. The van der Waals surface area contributed by atoms with Crippen LogP contribution in [0.5, 0.6) is 0 Å². The molecular formula is C20H28N2O2. The maximum absolute atomic E-state index is 10.9. The summed E-state index contributed by atoms with van der Waals surface area (Å²) in [6.45, 7) is 6.66. The topological polar surface area (TPSA) is 43.8 Å². The quantitative estimate of drug-likeness (QED) is 0.902. The summed E-state index contributed by atoms with van der Waals surface area (Å²) >= 11 is 0. The Hall–Kier alpha value is -1.39. The molecule has 0 amide bonds. The van der Waals surface area contributed by atoms with E-state index in [2.05, 4.69) is 41.0 Å². The Labute approximate surface area is 144 Å². The smallest absolute Gasteiger partial charge is 0.303 e. The number of aryl methyl sites for hydroxylation is 1. The zero-order valence-electron chi connectivity index (χ0n) is 14.5. The van der Waals surface area contributed by atoms with Crippen LogP contribution in [0.3, 0.4) is 0 Å². The number of likely N-dealkylation sites (tertiary alicyclic amines) is 1. The van der Waals surface area contributed by atoms with Crippen LogP contribution >= 0.6 is 0 Å². The second-order valence-electron chi connectivity index (χ2n) is 7.86. The molecule has 5 rings (SSSR count). The van der Waals surface area contributed by atoms with Crippen LogP contribution in [0.1, 0.15) is 42.7 Å². The fourth-order valence-electron chi connectivity index (χ4n) is 5.33. The molecule has 0 aromatic heterocycles. The van der Waals surface area contributed by atoms with Gasteiger partial charge in [-0.05, 0) is 57.3 Å². The molecule has 0 aliphatic carbocycles. The molecule has 4 aliphatic rings. The van der Waals surface area contributed by atoms with Gasteiger partial charge < -0.3 is 5.11 Å². The van der Waals surface area contributed by atoms with Crippen molar-refractivity contribution in [2.24, 2.45) is 5.92 Å². The molecule has 24 heavy (non-hydrogen) atoms. The maximum atomic E-state index is 10.9. The Morgan fingerprint density at radius 3 is 2.54 bits per heavy atom. The number of aliphatic carboxylic acids is 1. The van der Waals surface area contributed by atoms with Crippen molar-refractivity contribution >= 4 is 5.97 Å². The zero-order chi connectivity index (χ0) is 16.7. The van der Waals surface area contributed by atoms with E-state index in [1.807, 2.05) is 0 Å². The van der Waals surface area contributed by atoms with Crippen molar-refractivity contribution in [1.82, 2.24) is 9.80 Å². The molecule has 3 atom stereocenters. The van der Waals surface area contributed by atoms with Crippen molar-refractivity contribution in [3.8, 4) is 0 Å². The van der Waals surface area contributed by atoms with E-state index in [4.69, 9.17) is 5.11 Å². The van der Waals surface area contributed by atoms with E-state index in [9.17, 15) is 4.79 Å². The first-order chi connectivity index (χ1) is 11.6. The Bertz CT molecular complexity index is 592. The zero-order valence-corrected chi connectivity index (χ0v) is 14.5. The number of nitrogens with zero attached hydrogens (tertiary/aromatic N) is 2. The summed E-state index contributed by atoms with van der Waals surface area (Å²) in [6, 6.07) is 10.3. The second-order valence-corrected chi connectivity index (χ2v) is 7.86. The molecule has 130 valence electrons. The van der Waals surface area contributed by atoms with Crippen molar-refractivity contribution in [1.29, 1.82) is 0 Å². The Balaban J connectivity index is 1.56. The number of piperidine rings is 3. The molecule has 4 aliphatic heterocycles. The highest BCUT2D eigenvalue weighted by Gasteiger charge is 2.52. The number of carboxylic acids is 1. The van der Waals surface area contributed by atoms with Crippen molar-refractivity contribution in [3.05, 3.63) is 35.4 Å². The molecular weight excluding hydrogens is 300 g/mol. The van der Waals surface area contributed by atoms with E-state index < -0.39 is 5.97 Å². The summed E-state index contributed by atoms with van der Waals surface area (Å²) in [7, 11) is 0. The van der Waals surface area contributed by atoms with Gasteiger partial charge in [0, 0.05) is 31.0 Å². The van der Waals surface area contributed by atoms with E-state index >= 15 is 0 Å². The molecule has 4 heteroatoms. The van der Waals surface area contributed by atoms with E-state index in [0.29, 0.717) is 18.0 Å². The summed E-state index contributed by atoms with van der Waals surface area (Å²) in [5.74, 6) is 0.707. The van der Waals surface area contributed by atoms with Gasteiger partial charge in [-0.1, -0.05) is 29.8 Å². The summed E-state index contributed by atoms with van der Waals surface area (Å²) in [4.78, 5) is 16.2. The first kappa shape index (κ1) is 16.1. The van der Waals surface area contributed by atoms with Crippen LogP contribution in [0.15, 0.2) is 24.3 Å². The summed E-state index contributed by atoms with van der Waals surface area (Å²) in [6.07, 6.45) is 3.69. The SMILES string of the molecule is Cc1ccc([C@@H]2CN(CCCC(=O)O)[C@@H]3C4CCN(CC4)[C@@H]32)cc1. The number of hydrogen-bond acceptors (Lipinski definition) is 3. The molecule has 4 saturated heterocycles. The predicted octanol–water partition coefficient (Wildman–Crippen LogP) is 2.72. The number of carbonyl (C=O) groups is 1. The Kier molecular flexibility index (Phi) is 4.35. The van der Waals surface area contributed by atoms with Crippen LogP contribution in [0.25, 0.3) is 0 Å².